The summed E-state index contributed by atoms with van der Waals surface area (Å²) >= 11 is 0. The Labute approximate surface area is 118 Å². The van der Waals surface area contributed by atoms with E-state index in [0.717, 1.165) is 6.07 Å². The summed E-state index contributed by atoms with van der Waals surface area (Å²) in [7, 11) is 0. The first kappa shape index (κ1) is 14.3. The van der Waals surface area contributed by atoms with Gasteiger partial charge in [-0.1, -0.05) is 6.07 Å². The fraction of sp³-hybridized carbons (Fsp3) is 0. The van der Waals surface area contributed by atoms with Gasteiger partial charge in [-0.15, -0.1) is 0 Å². The maximum Gasteiger partial charge on any atom is 0.354 e. The summed E-state index contributed by atoms with van der Waals surface area (Å²) < 4.78 is 12.6. The number of carboxylic acid groups (broad SMARTS) is 1. The number of halogens is 1. The van der Waals surface area contributed by atoms with Crippen molar-refractivity contribution < 1.29 is 23.9 Å². The second-order valence-electron chi connectivity index (χ2n) is 3.99. The number of aromatic carboxylic acids is 1. The van der Waals surface area contributed by atoms with Crippen molar-refractivity contribution in [2.75, 3.05) is 5.32 Å². The zero-order valence-electron chi connectivity index (χ0n) is 10.5. The van der Waals surface area contributed by atoms with Crippen molar-refractivity contribution >= 4 is 23.3 Å². The van der Waals surface area contributed by atoms with Gasteiger partial charge in [-0.05, 0) is 30.3 Å². The minimum atomic E-state index is -0.990. The monoisotopic (exact) mass is 288 g/mol. The Morgan fingerprint density at radius 2 is 1.95 bits per heavy atom. The predicted molar refractivity (Wildman–Crippen MR) is 70.6 cm³/mol. The number of rotatable bonds is 1. The van der Waals surface area contributed by atoms with Crippen molar-refractivity contribution in [3.63, 3.8) is 0 Å². The van der Waals surface area contributed by atoms with Crippen molar-refractivity contribution in [2.45, 2.75) is 0 Å². The van der Waals surface area contributed by atoms with Gasteiger partial charge in [0.25, 0.3) is 11.7 Å². The molecule has 0 spiro atoms. The fourth-order valence-corrected chi connectivity index (χ4v) is 1.60. The van der Waals surface area contributed by atoms with Crippen LogP contribution in [0.3, 0.4) is 0 Å². The van der Waals surface area contributed by atoms with E-state index in [2.05, 4.69) is 10.3 Å². The maximum absolute atomic E-state index is 12.6. The van der Waals surface area contributed by atoms with E-state index >= 15 is 0 Å². The van der Waals surface area contributed by atoms with E-state index in [-0.39, 0.29) is 11.3 Å². The first-order chi connectivity index (χ1) is 9.99. The van der Waals surface area contributed by atoms with Crippen molar-refractivity contribution in [1.29, 1.82) is 0 Å². The number of carbonyl (C=O) groups is 3. The van der Waals surface area contributed by atoms with Crippen molar-refractivity contribution in [3.05, 3.63) is 59.7 Å². The maximum atomic E-state index is 12.6. The van der Waals surface area contributed by atoms with Crippen LogP contribution >= 0.6 is 0 Å². The lowest BCUT2D eigenvalue weighted by Gasteiger charge is -1.94. The van der Waals surface area contributed by atoms with Gasteiger partial charge in [0.05, 0.1) is 11.3 Å². The molecule has 0 bridgehead atoms. The van der Waals surface area contributed by atoms with Crippen LogP contribution in [0, 0.1) is 5.82 Å². The fourth-order valence-electron chi connectivity index (χ4n) is 1.60. The largest absolute Gasteiger partial charge is 0.477 e. The third-order valence-corrected chi connectivity index (χ3v) is 2.56. The van der Waals surface area contributed by atoms with Gasteiger partial charge < -0.3 is 10.4 Å². The van der Waals surface area contributed by atoms with Crippen LogP contribution in [-0.4, -0.2) is 27.8 Å². The number of nitrogens with one attached hydrogen (secondary N) is 1. The summed E-state index contributed by atoms with van der Waals surface area (Å²) in [5, 5.41) is 10.6. The molecule has 1 aliphatic rings. The van der Waals surface area contributed by atoms with Crippen LogP contribution in [0.5, 0.6) is 0 Å². The molecule has 7 heteroatoms. The molecule has 0 saturated carbocycles. The van der Waals surface area contributed by atoms with Crippen LogP contribution in [0.1, 0.15) is 20.8 Å². The summed E-state index contributed by atoms with van der Waals surface area (Å²) in [5.74, 6) is -2.88. The summed E-state index contributed by atoms with van der Waals surface area (Å²) in [5.41, 5.74) is 0.573. The zero-order chi connectivity index (χ0) is 15.4. The van der Waals surface area contributed by atoms with Gasteiger partial charge in [0.1, 0.15) is 11.5 Å². The molecule has 0 radical (unpaired) electrons. The number of nitrogens with zero attached hydrogens (tertiary/aromatic N) is 1. The summed E-state index contributed by atoms with van der Waals surface area (Å²) in [6.45, 7) is 0. The summed E-state index contributed by atoms with van der Waals surface area (Å²) in [4.78, 5) is 35.4. The molecule has 0 saturated heterocycles. The van der Waals surface area contributed by atoms with Crippen LogP contribution in [0.25, 0.3) is 0 Å². The standard InChI is InChI=1S/C8H4FNO2.C6H5NO2/c9-4-1-2-6-5(3-4)7(11)8(12)10-6;8-6(9)5-3-1-2-4-7-5/h1-3H,(H,10,11,12);1-4H,(H,8,9). The highest BCUT2D eigenvalue weighted by atomic mass is 19.1. The van der Waals surface area contributed by atoms with Gasteiger partial charge in [-0.25, -0.2) is 14.2 Å². The lowest BCUT2D eigenvalue weighted by atomic mass is 10.1. The number of benzene rings is 1. The Hall–Kier alpha value is -3.09. The molecular weight excluding hydrogens is 279 g/mol. The average molecular weight is 288 g/mol. The number of anilines is 1. The quantitative estimate of drug-likeness (QED) is 0.779. The number of aromatic nitrogens is 1. The van der Waals surface area contributed by atoms with Crippen molar-refractivity contribution in [1.82, 2.24) is 4.98 Å². The molecule has 1 aromatic carbocycles. The highest BCUT2D eigenvalue weighted by molar-refractivity contribution is 6.51. The van der Waals surface area contributed by atoms with Gasteiger partial charge in [0.2, 0.25) is 0 Å². The SMILES string of the molecule is O=C(O)c1ccccn1.O=C1Nc2ccc(F)cc2C1=O. The first-order valence-corrected chi connectivity index (χ1v) is 5.78. The van der Waals surface area contributed by atoms with Crippen molar-refractivity contribution in [2.24, 2.45) is 0 Å². The number of carboxylic acids is 1. The molecule has 0 fully saturated rings. The van der Waals surface area contributed by atoms with Gasteiger partial charge >= 0.3 is 5.97 Å². The third-order valence-electron chi connectivity index (χ3n) is 2.56. The lowest BCUT2D eigenvalue weighted by Crippen LogP contribution is -2.12. The Morgan fingerprint density at radius 3 is 2.52 bits per heavy atom. The highest BCUT2D eigenvalue weighted by Gasteiger charge is 2.27. The molecule has 0 aliphatic carbocycles. The molecule has 2 aromatic rings. The summed E-state index contributed by atoms with van der Waals surface area (Å²) in [6, 6.07) is 8.37. The average Bonchev–Trinajstić information content (AvgIpc) is 2.76. The number of hydrogen-bond acceptors (Lipinski definition) is 4. The lowest BCUT2D eigenvalue weighted by molar-refractivity contribution is -0.112. The van der Waals surface area contributed by atoms with E-state index in [1.807, 2.05) is 0 Å². The minimum Gasteiger partial charge on any atom is -0.477 e. The van der Waals surface area contributed by atoms with Crippen LogP contribution < -0.4 is 5.32 Å². The second-order valence-corrected chi connectivity index (χ2v) is 3.99. The smallest absolute Gasteiger partial charge is 0.354 e. The molecule has 1 aliphatic heterocycles. The molecule has 6 nitrogen and oxygen atoms in total. The van der Waals surface area contributed by atoms with Crippen LogP contribution in [-0.2, 0) is 4.79 Å². The molecule has 1 aromatic heterocycles. The van der Waals surface area contributed by atoms with Gasteiger partial charge in [0.15, 0.2) is 0 Å². The molecule has 3 rings (SSSR count). The third kappa shape index (κ3) is 3.27. The van der Waals surface area contributed by atoms with E-state index in [4.69, 9.17) is 5.11 Å². The Bertz CT molecular complexity index is 716. The number of ketones is 1. The molecular formula is C14H9FN2O4. The van der Waals surface area contributed by atoms with Crippen molar-refractivity contribution in [3.8, 4) is 0 Å². The number of carbonyl (C=O) groups excluding carboxylic acids is 2. The Morgan fingerprint density at radius 1 is 1.19 bits per heavy atom. The van der Waals surface area contributed by atoms with Crippen LogP contribution in [0.15, 0.2) is 42.6 Å². The Balaban J connectivity index is 0.000000161. The van der Waals surface area contributed by atoms with Gasteiger partial charge in [-0.3, -0.25) is 9.59 Å². The normalized spacial score (nSPS) is 12.0. The van der Waals surface area contributed by atoms with Gasteiger partial charge in [-0.2, -0.15) is 0 Å². The zero-order valence-corrected chi connectivity index (χ0v) is 10.5. The molecule has 0 atom stereocenters. The van der Waals surface area contributed by atoms with E-state index in [1.165, 1.54) is 24.4 Å². The topological polar surface area (TPSA) is 96.4 Å². The van der Waals surface area contributed by atoms with Crippen LogP contribution in [0.4, 0.5) is 10.1 Å². The second kappa shape index (κ2) is 5.91. The molecule has 0 unspecified atom stereocenters. The predicted octanol–water partition coefficient (Wildman–Crippen LogP) is 1.74. The number of hydrogen-bond donors (Lipinski definition) is 2. The van der Waals surface area contributed by atoms with E-state index < -0.39 is 23.5 Å². The van der Waals surface area contributed by atoms with E-state index in [1.54, 1.807) is 12.1 Å². The summed E-state index contributed by atoms with van der Waals surface area (Å²) in [6.07, 6.45) is 1.45. The van der Waals surface area contributed by atoms with E-state index in [9.17, 15) is 18.8 Å². The minimum absolute atomic E-state index is 0.0810. The number of amides is 1. The van der Waals surface area contributed by atoms with Gasteiger partial charge in [0, 0.05) is 6.20 Å². The molecule has 2 heterocycles. The first-order valence-electron chi connectivity index (χ1n) is 5.78. The molecule has 106 valence electrons. The highest BCUT2D eigenvalue weighted by Crippen LogP contribution is 2.22. The molecule has 21 heavy (non-hydrogen) atoms. The van der Waals surface area contributed by atoms with Crippen LogP contribution in [0.2, 0.25) is 0 Å². The molecule has 2 N–H and O–H groups in total. The molecule has 1 amide bonds. The number of Topliss-reactive ketones (excluding diaryl/α,β-unsaturated/α-hetero) is 1. The number of pyridine rings is 1. The number of fused-ring (bicyclic) bond motifs is 1. The Kier molecular flexibility index (Phi) is 4.03. The van der Waals surface area contributed by atoms with E-state index in [0.29, 0.717) is 5.69 Å².